The number of nitrogens with zero attached hydrogens (tertiary/aromatic N) is 1. The Balaban J connectivity index is 1.66. The van der Waals surface area contributed by atoms with E-state index >= 15 is 0 Å². The van der Waals surface area contributed by atoms with Crippen LogP contribution in [0.25, 0.3) is 0 Å². The van der Waals surface area contributed by atoms with E-state index in [2.05, 4.69) is 4.90 Å². The van der Waals surface area contributed by atoms with E-state index in [1.807, 2.05) is 0 Å². The molecule has 4 heteroatoms. The van der Waals surface area contributed by atoms with E-state index in [9.17, 15) is 5.11 Å². The van der Waals surface area contributed by atoms with Crippen LogP contribution in [0.2, 0.25) is 0 Å². The molecule has 2 aliphatic heterocycles. The Morgan fingerprint density at radius 2 is 1.82 bits per heavy atom. The Bertz CT molecular complexity index is 265. The summed E-state index contributed by atoms with van der Waals surface area (Å²) in [7, 11) is 0. The minimum atomic E-state index is -0.352. The van der Waals surface area contributed by atoms with Gasteiger partial charge in [-0.25, -0.2) is 0 Å². The third-order valence-electron chi connectivity index (χ3n) is 4.42. The van der Waals surface area contributed by atoms with Crippen molar-refractivity contribution in [2.75, 3.05) is 26.3 Å². The van der Waals surface area contributed by atoms with Crippen molar-refractivity contribution in [1.82, 2.24) is 4.90 Å². The van der Waals surface area contributed by atoms with E-state index in [0.717, 1.165) is 52.0 Å². The number of aliphatic hydroxyl groups is 1. The molecule has 1 aliphatic carbocycles. The molecule has 3 rings (SSSR count). The van der Waals surface area contributed by atoms with Crippen LogP contribution in [0.15, 0.2) is 0 Å². The Hall–Kier alpha value is -0.160. The van der Waals surface area contributed by atoms with E-state index in [0.29, 0.717) is 6.04 Å². The summed E-state index contributed by atoms with van der Waals surface area (Å²) in [5.74, 6) is -0.352. The minimum absolute atomic E-state index is 0.152. The number of piperidine rings is 1. The van der Waals surface area contributed by atoms with Gasteiger partial charge in [-0.2, -0.15) is 0 Å². The summed E-state index contributed by atoms with van der Waals surface area (Å²) >= 11 is 0. The first-order chi connectivity index (χ1) is 8.29. The second kappa shape index (κ2) is 4.84. The second-order valence-corrected chi connectivity index (χ2v) is 5.60. The van der Waals surface area contributed by atoms with Crippen molar-refractivity contribution >= 4 is 0 Å². The average Bonchev–Trinajstić information content (AvgIpc) is 2.78. The van der Waals surface area contributed by atoms with Crippen molar-refractivity contribution in [3.63, 3.8) is 0 Å². The molecule has 0 radical (unpaired) electrons. The molecule has 0 amide bonds. The number of hydrogen-bond acceptors (Lipinski definition) is 4. The number of aliphatic hydroxyl groups excluding tert-OH is 1. The van der Waals surface area contributed by atoms with Gasteiger partial charge in [0.15, 0.2) is 5.79 Å². The molecule has 2 atom stereocenters. The summed E-state index contributed by atoms with van der Waals surface area (Å²) in [6, 6.07) is 0.328. The molecule has 4 nitrogen and oxygen atoms in total. The lowest BCUT2D eigenvalue weighted by molar-refractivity contribution is -0.199. The van der Waals surface area contributed by atoms with E-state index < -0.39 is 0 Å². The highest BCUT2D eigenvalue weighted by Crippen LogP contribution is 2.33. The molecule has 1 saturated carbocycles. The van der Waals surface area contributed by atoms with Crippen molar-refractivity contribution in [3.05, 3.63) is 0 Å². The normalized spacial score (nSPS) is 38.6. The monoisotopic (exact) mass is 241 g/mol. The van der Waals surface area contributed by atoms with Gasteiger partial charge in [-0.3, -0.25) is 4.90 Å². The molecule has 2 unspecified atom stereocenters. The van der Waals surface area contributed by atoms with E-state index in [4.69, 9.17) is 9.47 Å². The molecule has 3 fully saturated rings. The first-order valence-electron chi connectivity index (χ1n) is 6.99. The third-order valence-corrected chi connectivity index (χ3v) is 4.42. The van der Waals surface area contributed by atoms with Crippen molar-refractivity contribution < 1.29 is 14.6 Å². The largest absolute Gasteiger partial charge is 0.391 e. The fraction of sp³-hybridized carbons (Fsp3) is 1.00. The van der Waals surface area contributed by atoms with Gasteiger partial charge >= 0.3 is 0 Å². The summed E-state index contributed by atoms with van der Waals surface area (Å²) < 4.78 is 11.6. The molecular weight excluding hydrogens is 218 g/mol. The smallest absolute Gasteiger partial charge is 0.181 e. The van der Waals surface area contributed by atoms with Crippen molar-refractivity contribution in [2.45, 2.75) is 56.5 Å². The van der Waals surface area contributed by atoms with E-state index in [1.165, 1.54) is 12.8 Å². The van der Waals surface area contributed by atoms with Crippen LogP contribution >= 0.6 is 0 Å². The van der Waals surface area contributed by atoms with Crippen LogP contribution in [-0.4, -0.2) is 54.2 Å². The lowest BCUT2D eigenvalue weighted by Gasteiger charge is -2.45. The SMILES string of the molecule is OC1CCCCC1N1CCCC2(C1)OCCO2. The fourth-order valence-electron chi connectivity index (χ4n) is 3.55. The molecule has 0 aromatic rings. The highest BCUT2D eigenvalue weighted by Gasteiger charge is 2.43. The average molecular weight is 241 g/mol. The maximum absolute atomic E-state index is 10.1. The quantitative estimate of drug-likeness (QED) is 0.747. The summed E-state index contributed by atoms with van der Waals surface area (Å²) in [5, 5.41) is 10.1. The number of rotatable bonds is 1. The van der Waals surface area contributed by atoms with Crippen LogP contribution in [0, 0.1) is 0 Å². The predicted octanol–water partition coefficient (Wildman–Crippen LogP) is 1.13. The Kier molecular flexibility index (Phi) is 3.39. The molecule has 98 valence electrons. The molecule has 2 heterocycles. The van der Waals surface area contributed by atoms with Crippen LogP contribution in [0.1, 0.15) is 38.5 Å². The van der Waals surface area contributed by atoms with Gasteiger partial charge in [0.2, 0.25) is 0 Å². The van der Waals surface area contributed by atoms with Crippen molar-refractivity contribution in [1.29, 1.82) is 0 Å². The van der Waals surface area contributed by atoms with Gasteiger partial charge in [-0.15, -0.1) is 0 Å². The summed E-state index contributed by atoms with van der Waals surface area (Å²) in [6.07, 6.45) is 6.46. The molecule has 0 aromatic carbocycles. The minimum Gasteiger partial charge on any atom is -0.391 e. The maximum Gasteiger partial charge on any atom is 0.181 e. The Labute approximate surface area is 103 Å². The van der Waals surface area contributed by atoms with Gasteiger partial charge in [-0.1, -0.05) is 12.8 Å². The topological polar surface area (TPSA) is 41.9 Å². The highest BCUT2D eigenvalue weighted by molar-refractivity contribution is 4.90. The van der Waals surface area contributed by atoms with Gasteiger partial charge in [0, 0.05) is 12.5 Å². The zero-order valence-electron chi connectivity index (χ0n) is 10.4. The Morgan fingerprint density at radius 3 is 2.59 bits per heavy atom. The van der Waals surface area contributed by atoms with Crippen LogP contribution in [0.5, 0.6) is 0 Å². The molecule has 2 saturated heterocycles. The van der Waals surface area contributed by atoms with Gasteiger partial charge < -0.3 is 14.6 Å². The standard InChI is InChI=1S/C13H23NO3/c15-12-5-2-1-4-11(12)14-7-3-6-13(10-14)16-8-9-17-13/h11-12,15H,1-10H2. The highest BCUT2D eigenvalue weighted by atomic mass is 16.7. The second-order valence-electron chi connectivity index (χ2n) is 5.60. The maximum atomic E-state index is 10.1. The van der Waals surface area contributed by atoms with Crippen LogP contribution < -0.4 is 0 Å². The summed E-state index contributed by atoms with van der Waals surface area (Å²) in [6.45, 7) is 3.37. The van der Waals surface area contributed by atoms with Crippen molar-refractivity contribution in [2.24, 2.45) is 0 Å². The zero-order valence-corrected chi connectivity index (χ0v) is 10.4. The Morgan fingerprint density at radius 1 is 1.06 bits per heavy atom. The zero-order chi connectivity index (χ0) is 11.7. The van der Waals surface area contributed by atoms with Crippen LogP contribution in [0.3, 0.4) is 0 Å². The van der Waals surface area contributed by atoms with Gasteiger partial charge in [-0.05, 0) is 25.8 Å². The number of hydrogen-bond donors (Lipinski definition) is 1. The van der Waals surface area contributed by atoms with E-state index in [1.54, 1.807) is 0 Å². The van der Waals surface area contributed by atoms with Crippen molar-refractivity contribution in [3.8, 4) is 0 Å². The number of ether oxygens (including phenoxy) is 2. The summed E-state index contributed by atoms with van der Waals surface area (Å²) in [5.41, 5.74) is 0. The lowest BCUT2D eigenvalue weighted by Crippen LogP contribution is -2.56. The van der Waals surface area contributed by atoms with E-state index in [-0.39, 0.29) is 11.9 Å². The first kappa shape index (κ1) is 11.9. The molecule has 17 heavy (non-hydrogen) atoms. The van der Waals surface area contributed by atoms with Crippen LogP contribution in [-0.2, 0) is 9.47 Å². The molecule has 1 spiro atoms. The third kappa shape index (κ3) is 2.36. The molecular formula is C13H23NO3. The number of likely N-dealkylation sites (tertiary alicyclic amines) is 1. The molecule has 0 bridgehead atoms. The fourth-order valence-corrected chi connectivity index (χ4v) is 3.55. The first-order valence-corrected chi connectivity index (χ1v) is 6.99. The molecule has 1 N–H and O–H groups in total. The summed E-state index contributed by atoms with van der Waals surface area (Å²) in [4.78, 5) is 2.40. The van der Waals surface area contributed by atoms with Gasteiger partial charge in [0.25, 0.3) is 0 Å². The van der Waals surface area contributed by atoms with Gasteiger partial charge in [0.1, 0.15) is 0 Å². The molecule has 0 aromatic heterocycles. The van der Waals surface area contributed by atoms with Crippen LogP contribution in [0.4, 0.5) is 0 Å². The predicted molar refractivity (Wildman–Crippen MR) is 63.7 cm³/mol. The van der Waals surface area contributed by atoms with Gasteiger partial charge in [0.05, 0.1) is 25.9 Å². The lowest BCUT2D eigenvalue weighted by atomic mass is 9.89. The molecule has 3 aliphatic rings.